The summed E-state index contributed by atoms with van der Waals surface area (Å²) < 4.78 is 31.5. The zero-order valence-electron chi connectivity index (χ0n) is 17.8. The van der Waals surface area contributed by atoms with E-state index in [4.69, 9.17) is 4.74 Å². The molecule has 2 N–H and O–H groups in total. The number of amides is 1. The molecule has 9 heteroatoms. The van der Waals surface area contributed by atoms with Crippen molar-refractivity contribution >= 4 is 27.6 Å². The second-order valence-electron chi connectivity index (χ2n) is 8.69. The van der Waals surface area contributed by atoms with Crippen molar-refractivity contribution in [3.05, 3.63) is 29.8 Å². The molecule has 2 atom stereocenters. The Morgan fingerprint density at radius 1 is 1.27 bits per heavy atom. The highest BCUT2D eigenvalue weighted by Gasteiger charge is 2.60. The Kier molecular flexibility index (Phi) is 6.06. The van der Waals surface area contributed by atoms with E-state index in [1.54, 1.807) is 6.92 Å². The van der Waals surface area contributed by atoms with Crippen molar-refractivity contribution in [1.29, 1.82) is 0 Å². The molecule has 0 unspecified atom stereocenters. The highest BCUT2D eigenvalue weighted by atomic mass is 32.2. The lowest BCUT2D eigenvalue weighted by atomic mass is 9.70. The van der Waals surface area contributed by atoms with Crippen LogP contribution in [0, 0.1) is 16.7 Å². The molecule has 0 radical (unpaired) electrons. The van der Waals surface area contributed by atoms with Crippen LogP contribution in [0.3, 0.4) is 0 Å². The van der Waals surface area contributed by atoms with Crippen LogP contribution in [-0.2, 0) is 19.6 Å². The van der Waals surface area contributed by atoms with Gasteiger partial charge in [0.25, 0.3) is 5.91 Å². The van der Waals surface area contributed by atoms with E-state index < -0.39 is 28.5 Å². The fourth-order valence-electron chi connectivity index (χ4n) is 4.54. The second kappa shape index (κ2) is 8.11. The van der Waals surface area contributed by atoms with Gasteiger partial charge in [0.2, 0.25) is 10.0 Å². The molecule has 0 aliphatic heterocycles. The van der Waals surface area contributed by atoms with Crippen LogP contribution < -0.4 is 10.1 Å². The first-order valence-corrected chi connectivity index (χ1v) is 11.6. The average molecular weight is 436 g/mol. The highest BCUT2D eigenvalue weighted by molar-refractivity contribution is 7.89. The number of carbonyl (C=O) groups excluding carboxylic acids is 2. The number of hydrazone groups is 1. The van der Waals surface area contributed by atoms with Crippen LogP contribution in [0.1, 0.15) is 57.3 Å². The molecule has 0 aromatic heterocycles. The predicted molar refractivity (Wildman–Crippen MR) is 112 cm³/mol. The number of hydrogen-bond donors (Lipinski definition) is 2. The number of sulfonamides is 1. The van der Waals surface area contributed by atoms with Crippen LogP contribution in [-0.4, -0.2) is 39.2 Å². The summed E-state index contributed by atoms with van der Waals surface area (Å²) in [6.07, 6.45) is 3.10. The molecule has 1 amide bonds. The number of rotatable bonds is 7. The SMILES string of the molecule is CCNS(=O)(=O)c1cccc(C(=O)OCC(=O)N/N=C2/C[C@H]3CC[C@@]2(C)C3(C)C)c1. The minimum atomic E-state index is -3.69. The number of esters is 1. The molecular weight excluding hydrogens is 406 g/mol. The van der Waals surface area contributed by atoms with Gasteiger partial charge < -0.3 is 4.74 Å². The fourth-order valence-corrected chi connectivity index (χ4v) is 5.62. The van der Waals surface area contributed by atoms with Crippen molar-refractivity contribution in [2.24, 2.45) is 21.8 Å². The molecule has 164 valence electrons. The van der Waals surface area contributed by atoms with Crippen LogP contribution in [0.15, 0.2) is 34.3 Å². The van der Waals surface area contributed by atoms with Gasteiger partial charge in [-0.3, -0.25) is 4.79 Å². The summed E-state index contributed by atoms with van der Waals surface area (Å²) in [5.74, 6) is -0.738. The van der Waals surface area contributed by atoms with Crippen molar-refractivity contribution in [2.45, 2.75) is 51.9 Å². The quantitative estimate of drug-likeness (QED) is 0.504. The standard InChI is InChI=1S/C21H29N3O5S/c1-5-22-30(27,28)16-8-6-7-14(11-16)19(26)29-13-18(25)24-23-17-12-15-9-10-21(17,4)20(15,2)3/h6-8,11,15,22H,5,9-10,12-13H2,1-4H3,(H,24,25)/b23-17-/t15-,21-/m1/s1. The number of carbonyl (C=O) groups is 2. The first kappa shape index (κ1) is 22.4. The van der Waals surface area contributed by atoms with E-state index in [-0.39, 0.29) is 27.8 Å². The molecule has 0 spiro atoms. The largest absolute Gasteiger partial charge is 0.452 e. The van der Waals surface area contributed by atoms with E-state index >= 15 is 0 Å². The van der Waals surface area contributed by atoms with Crippen LogP contribution in [0.2, 0.25) is 0 Å². The summed E-state index contributed by atoms with van der Waals surface area (Å²) in [4.78, 5) is 24.3. The average Bonchev–Trinajstić information content (AvgIpc) is 3.04. The molecule has 2 aliphatic rings. The Labute approximate surface area is 177 Å². The summed E-state index contributed by atoms with van der Waals surface area (Å²) in [7, 11) is -3.69. The van der Waals surface area contributed by atoms with Crippen LogP contribution >= 0.6 is 0 Å². The van der Waals surface area contributed by atoms with Gasteiger partial charge >= 0.3 is 5.97 Å². The summed E-state index contributed by atoms with van der Waals surface area (Å²) >= 11 is 0. The monoisotopic (exact) mass is 435 g/mol. The topological polar surface area (TPSA) is 114 Å². The Morgan fingerprint density at radius 3 is 2.60 bits per heavy atom. The smallest absolute Gasteiger partial charge is 0.338 e. The molecule has 1 aromatic carbocycles. The normalized spacial score (nSPS) is 26.0. The lowest BCUT2D eigenvalue weighted by molar-refractivity contribution is -0.124. The number of nitrogens with one attached hydrogen (secondary N) is 2. The van der Waals surface area contributed by atoms with Crippen LogP contribution in [0.5, 0.6) is 0 Å². The Morgan fingerprint density at radius 2 is 2.00 bits per heavy atom. The minimum absolute atomic E-state index is 0.0277. The maximum absolute atomic E-state index is 12.2. The first-order chi connectivity index (χ1) is 14.0. The zero-order valence-corrected chi connectivity index (χ0v) is 18.6. The number of nitrogens with zero attached hydrogens (tertiary/aromatic N) is 1. The van der Waals surface area contributed by atoms with Gasteiger partial charge in [0, 0.05) is 17.7 Å². The number of ether oxygens (including phenoxy) is 1. The number of benzene rings is 1. The van der Waals surface area contributed by atoms with Crippen molar-refractivity contribution in [3.8, 4) is 0 Å². The molecule has 0 saturated heterocycles. The molecule has 30 heavy (non-hydrogen) atoms. The van der Waals surface area contributed by atoms with Gasteiger partial charge in [-0.05, 0) is 48.8 Å². The Bertz CT molecular complexity index is 986. The molecule has 3 rings (SSSR count). The predicted octanol–water partition coefficient (Wildman–Crippen LogP) is 2.46. The molecule has 1 aromatic rings. The summed E-state index contributed by atoms with van der Waals surface area (Å²) in [6.45, 7) is 8.09. The molecule has 2 fully saturated rings. The van der Waals surface area contributed by atoms with Crippen LogP contribution in [0.4, 0.5) is 0 Å². The van der Waals surface area contributed by atoms with E-state index in [1.807, 2.05) is 0 Å². The fraction of sp³-hybridized carbons (Fsp3) is 0.571. The lowest BCUT2D eigenvalue weighted by Crippen LogP contribution is -2.34. The van der Waals surface area contributed by atoms with Gasteiger partial charge in [0.05, 0.1) is 10.5 Å². The molecule has 8 nitrogen and oxygen atoms in total. The third-order valence-electron chi connectivity index (χ3n) is 6.88. The van der Waals surface area contributed by atoms with Gasteiger partial charge in [-0.15, -0.1) is 0 Å². The highest BCUT2D eigenvalue weighted by Crippen LogP contribution is 2.63. The van der Waals surface area contributed by atoms with Gasteiger partial charge in [0.1, 0.15) is 0 Å². The number of hydrogen-bond acceptors (Lipinski definition) is 6. The molecule has 0 heterocycles. The molecule has 2 saturated carbocycles. The minimum Gasteiger partial charge on any atom is -0.452 e. The third kappa shape index (κ3) is 4.00. The van der Waals surface area contributed by atoms with Crippen LogP contribution in [0.25, 0.3) is 0 Å². The van der Waals surface area contributed by atoms with E-state index in [2.05, 4.69) is 36.0 Å². The molecular formula is C21H29N3O5S. The first-order valence-electron chi connectivity index (χ1n) is 10.1. The Hall–Kier alpha value is -2.26. The maximum Gasteiger partial charge on any atom is 0.338 e. The molecule has 2 bridgehead atoms. The zero-order chi connectivity index (χ0) is 22.2. The third-order valence-corrected chi connectivity index (χ3v) is 8.42. The van der Waals surface area contributed by atoms with E-state index in [1.165, 1.54) is 30.7 Å². The van der Waals surface area contributed by atoms with Gasteiger partial charge in [-0.2, -0.15) is 5.10 Å². The second-order valence-corrected chi connectivity index (χ2v) is 10.5. The summed E-state index contributed by atoms with van der Waals surface area (Å²) in [5, 5.41) is 4.33. The summed E-state index contributed by atoms with van der Waals surface area (Å²) in [6, 6.07) is 5.49. The van der Waals surface area contributed by atoms with Gasteiger partial charge in [-0.25, -0.2) is 23.4 Å². The van der Waals surface area contributed by atoms with Crippen molar-refractivity contribution in [3.63, 3.8) is 0 Å². The van der Waals surface area contributed by atoms with Gasteiger partial charge in [0.15, 0.2) is 6.61 Å². The summed E-state index contributed by atoms with van der Waals surface area (Å²) in [5.41, 5.74) is 3.67. The lowest BCUT2D eigenvalue weighted by Gasteiger charge is -2.34. The van der Waals surface area contributed by atoms with Crippen molar-refractivity contribution in [1.82, 2.24) is 10.1 Å². The van der Waals surface area contributed by atoms with E-state index in [0.717, 1.165) is 18.6 Å². The molecule has 2 aliphatic carbocycles. The van der Waals surface area contributed by atoms with E-state index in [0.29, 0.717) is 5.92 Å². The van der Waals surface area contributed by atoms with Crippen molar-refractivity contribution < 1.29 is 22.7 Å². The Balaban J connectivity index is 1.58. The maximum atomic E-state index is 12.2. The van der Waals surface area contributed by atoms with Gasteiger partial charge in [-0.1, -0.05) is 33.8 Å². The van der Waals surface area contributed by atoms with Crippen molar-refractivity contribution in [2.75, 3.05) is 13.2 Å². The van der Waals surface area contributed by atoms with E-state index in [9.17, 15) is 18.0 Å². The number of fused-ring (bicyclic) bond motifs is 2.